The van der Waals surface area contributed by atoms with Crippen LogP contribution in [0, 0.1) is 17.8 Å². The van der Waals surface area contributed by atoms with E-state index in [0.717, 1.165) is 24.7 Å². The Kier molecular flexibility index (Phi) is 5.15. The quantitative estimate of drug-likeness (QED) is 0.678. The average molecular weight is 278 g/mol. The molecular formula is C15H25F3O. The molecule has 0 amide bonds. The summed E-state index contributed by atoms with van der Waals surface area (Å²) in [4.78, 5) is 0. The van der Waals surface area contributed by atoms with Crippen molar-refractivity contribution in [3.05, 3.63) is 0 Å². The number of hydrogen-bond acceptors (Lipinski definition) is 1. The van der Waals surface area contributed by atoms with Gasteiger partial charge in [0.2, 0.25) is 0 Å². The van der Waals surface area contributed by atoms with E-state index in [0.29, 0.717) is 18.8 Å². The summed E-state index contributed by atoms with van der Waals surface area (Å²) >= 11 is 0. The Morgan fingerprint density at radius 3 is 2.16 bits per heavy atom. The molecule has 0 aliphatic heterocycles. The van der Waals surface area contributed by atoms with Gasteiger partial charge in [0.25, 0.3) is 0 Å². The van der Waals surface area contributed by atoms with E-state index in [1.807, 2.05) is 0 Å². The molecule has 2 aliphatic rings. The van der Waals surface area contributed by atoms with Crippen LogP contribution in [0.1, 0.15) is 64.7 Å². The number of hydrogen-bond donors (Lipinski definition) is 0. The highest BCUT2D eigenvalue weighted by atomic mass is 19.4. The third kappa shape index (κ3) is 4.66. The molecule has 1 nitrogen and oxygen atoms in total. The van der Waals surface area contributed by atoms with Crippen LogP contribution >= 0.6 is 0 Å². The lowest BCUT2D eigenvalue weighted by Crippen LogP contribution is -2.30. The van der Waals surface area contributed by atoms with Crippen LogP contribution < -0.4 is 0 Å². The maximum Gasteiger partial charge on any atom is 0.522 e. The van der Waals surface area contributed by atoms with Crippen LogP contribution in [0.2, 0.25) is 0 Å². The van der Waals surface area contributed by atoms with E-state index in [2.05, 4.69) is 11.7 Å². The molecular weight excluding hydrogens is 253 g/mol. The fourth-order valence-corrected chi connectivity index (χ4v) is 4.08. The molecule has 0 heterocycles. The summed E-state index contributed by atoms with van der Waals surface area (Å²) in [7, 11) is 0. The monoisotopic (exact) mass is 278 g/mol. The van der Waals surface area contributed by atoms with Crippen molar-refractivity contribution >= 4 is 0 Å². The zero-order valence-corrected chi connectivity index (χ0v) is 11.7. The third-order valence-corrected chi connectivity index (χ3v) is 4.96. The molecule has 0 radical (unpaired) electrons. The van der Waals surface area contributed by atoms with Gasteiger partial charge >= 0.3 is 6.36 Å². The highest BCUT2D eigenvalue weighted by molar-refractivity contribution is 4.84. The summed E-state index contributed by atoms with van der Waals surface area (Å²) in [5.74, 6) is 2.29. The van der Waals surface area contributed by atoms with Gasteiger partial charge in [0.05, 0.1) is 6.10 Å². The molecule has 2 fully saturated rings. The van der Waals surface area contributed by atoms with E-state index < -0.39 is 12.5 Å². The molecule has 4 heteroatoms. The first kappa shape index (κ1) is 15.1. The first-order valence-electron chi connectivity index (χ1n) is 7.72. The minimum absolute atomic E-state index is 0.582. The standard InChI is InChI=1S/C15H25F3O/c1-2-3-11-4-5-13(10-11)12-6-8-14(9-7-12)19-15(16,17)18/h11-14H,2-10H2,1H3. The van der Waals surface area contributed by atoms with Crippen molar-refractivity contribution in [2.45, 2.75) is 77.2 Å². The van der Waals surface area contributed by atoms with E-state index in [-0.39, 0.29) is 0 Å². The SMILES string of the molecule is CCCC1CCC(C2CCC(OC(F)(F)F)CC2)C1. The average Bonchev–Trinajstić information content (AvgIpc) is 2.77. The molecule has 0 bridgehead atoms. The molecule has 0 N–H and O–H groups in total. The van der Waals surface area contributed by atoms with E-state index in [9.17, 15) is 13.2 Å². The van der Waals surface area contributed by atoms with Crippen LogP contribution in [0.5, 0.6) is 0 Å². The van der Waals surface area contributed by atoms with Gasteiger partial charge in [-0.3, -0.25) is 4.74 Å². The van der Waals surface area contributed by atoms with Gasteiger partial charge in [-0.15, -0.1) is 13.2 Å². The number of rotatable bonds is 4. The Balaban J connectivity index is 1.72. The number of ether oxygens (including phenoxy) is 1. The summed E-state index contributed by atoms with van der Waals surface area (Å²) in [6, 6.07) is 0. The Morgan fingerprint density at radius 1 is 0.947 bits per heavy atom. The molecule has 0 spiro atoms. The second-order valence-corrected chi connectivity index (χ2v) is 6.33. The van der Waals surface area contributed by atoms with Crippen LogP contribution in [-0.2, 0) is 4.74 Å². The van der Waals surface area contributed by atoms with Crippen LogP contribution in [0.15, 0.2) is 0 Å². The van der Waals surface area contributed by atoms with Crippen molar-refractivity contribution in [2.24, 2.45) is 17.8 Å². The van der Waals surface area contributed by atoms with Crippen molar-refractivity contribution in [1.82, 2.24) is 0 Å². The topological polar surface area (TPSA) is 9.23 Å². The highest BCUT2D eigenvalue weighted by Crippen LogP contribution is 2.44. The summed E-state index contributed by atoms with van der Waals surface area (Å²) in [5, 5.41) is 0. The van der Waals surface area contributed by atoms with Gasteiger partial charge in [-0.05, 0) is 56.3 Å². The largest absolute Gasteiger partial charge is 0.522 e. The maximum atomic E-state index is 12.2. The fourth-order valence-electron chi connectivity index (χ4n) is 4.08. The molecule has 2 rings (SSSR count). The van der Waals surface area contributed by atoms with E-state index in [1.54, 1.807) is 0 Å². The van der Waals surface area contributed by atoms with Crippen molar-refractivity contribution in [1.29, 1.82) is 0 Å². The summed E-state index contributed by atoms with van der Waals surface area (Å²) in [6.07, 6.45) is 4.46. The molecule has 2 unspecified atom stereocenters. The van der Waals surface area contributed by atoms with Crippen LogP contribution in [0.3, 0.4) is 0 Å². The molecule has 2 saturated carbocycles. The lowest BCUT2D eigenvalue weighted by molar-refractivity contribution is -0.346. The molecule has 0 saturated heterocycles. The Bertz CT molecular complexity index is 269. The molecule has 0 aromatic carbocycles. The zero-order valence-electron chi connectivity index (χ0n) is 11.7. The Labute approximate surface area is 113 Å². The van der Waals surface area contributed by atoms with E-state index in [1.165, 1.54) is 32.1 Å². The molecule has 2 aliphatic carbocycles. The molecule has 2 atom stereocenters. The molecule has 0 aromatic rings. The molecule has 19 heavy (non-hydrogen) atoms. The predicted octanol–water partition coefficient (Wildman–Crippen LogP) is 5.30. The third-order valence-electron chi connectivity index (χ3n) is 4.96. The van der Waals surface area contributed by atoms with Crippen molar-refractivity contribution in [2.75, 3.05) is 0 Å². The van der Waals surface area contributed by atoms with Gasteiger partial charge in [-0.25, -0.2) is 0 Å². The van der Waals surface area contributed by atoms with Crippen LogP contribution in [-0.4, -0.2) is 12.5 Å². The van der Waals surface area contributed by atoms with E-state index >= 15 is 0 Å². The maximum absolute atomic E-state index is 12.2. The summed E-state index contributed by atoms with van der Waals surface area (Å²) < 4.78 is 40.6. The van der Waals surface area contributed by atoms with Crippen LogP contribution in [0.25, 0.3) is 0 Å². The fraction of sp³-hybridized carbons (Fsp3) is 1.00. The number of alkyl halides is 3. The summed E-state index contributed by atoms with van der Waals surface area (Å²) in [5.41, 5.74) is 0. The Morgan fingerprint density at radius 2 is 1.58 bits per heavy atom. The first-order valence-corrected chi connectivity index (χ1v) is 7.72. The van der Waals surface area contributed by atoms with Gasteiger partial charge in [-0.2, -0.15) is 0 Å². The predicted molar refractivity (Wildman–Crippen MR) is 68.6 cm³/mol. The van der Waals surface area contributed by atoms with Gasteiger partial charge in [-0.1, -0.05) is 26.2 Å². The van der Waals surface area contributed by atoms with E-state index in [4.69, 9.17) is 0 Å². The molecule has 112 valence electrons. The second-order valence-electron chi connectivity index (χ2n) is 6.33. The normalized spacial score (nSPS) is 36.6. The second kappa shape index (κ2) is 6.47. The molecule has 0 aromatic heterocycles. The zero-order chi connectivity index (χ0) is 13.9. The van der Waals surface area contributed by atoms with Crippen molar-refractivity contribution < 1.29 is 17.9 Å². The van der Waals surface area contributed by atoms with Crippen molar-refractivity contribution in [3.8, 4) is 0 Å². The smallest absolute Gasteiger partial charge is 0.289 e. The van der Waals surface area contributed by atoms with Crippen LogP contribution in [0.4, 0.5) is 13.2 Å². The van der Waals surface area contributed by atoms with Gasteiger partial charge in [0.1, 0.15) is 0 Å². The Hall–Kier alpha value is -0.250. The van der Waals surface area contributed by atoms with Crippen molar-refractivity contribution in [3.63, 3.8) is 0 Å². The summed E-state index contributed by atoms with van der Waals surface area (Å²) in [6.45, 7) is 2.23. The lowest BCUT2D eigenvalue weighted by atomic mass is 9.78. The number of halogens is 3. The highest BCUT2D eigenvalue weighted by Gasteiger charge is 2.38. The minimum Gasteiger partial charge on any atom is -0.289 e. The minimum atomic E-state index is -4.46. The van der Waals surface area contributed by atoms with Gasteiger partial charge in [0.15, 0.2) is 0 Å². The van der Waals surface area contributed by atoms with Gasteiger partial charge < -0.3 is 0 Å². The first-order chi connectivity index (χ1) is 8.98. The lowest BCUT2D eigenvalue weighted by Gasteiger charge is -2.32. The van der Waals surface area contributed by atoms with Gasteiger partial charge in [0, 0.05) is 0 Å².